The van der Waals surface area contributed by atoms with E-state index < -0.39 is 0 Å². The summed E-state index contributed by atoms with van der Waals surface area (Å²) < 4.78 is 1.77. The van der Waals surface area contributed by atoms with Gasteiger partial charge in [-0.1, -0.05) is 0 Å². The summed E-state index contributed by atoms with van der Waals surface area (Å²) in [7, 11) is 0. The lowest BCUT2D eigenvalue weighted by Gasteiger charge is -2.33. The van der Waals surface area contributed by atoms with Gasteiger partial charge < -0.3 is 15.2 Å². The first-order valence-corrected chi connectivity index (χ1v) is 7.46. The summed E-state index contributed by atoms with van der Waals surface area (Å²) in [6.45, 7) is 8.66. The zero-order valence-corrected chi connectivity index (χ0v) is 12.8. The minimum Gasteiger partial charge on any atom is -0.352 e. The largest absolute Gasteiger partial charge is 0.352 e. The van der Waals surface area contributed by atoms with Gasteiger partial charge in [0, 0.05) is 31.0 Å². The Morgan fingerprint density at radius 3 is 2.55 bits per heavy atom. The van der Waals surface area contributed by atoms with Gasteiger partial charge in [0.1, 0.15) is 0 Å². The van der Waals surface area contributed by atoms with Gasteiger partial charge in [-0.3, -0.25) is 4.79 Å². The summed E-state index contributed by atoms with van der Waals surface area (Å²) in [5, 5.41) is 0. The molecule has 1 aromatic heterocycles. The van der Waals surface area contributed by atoms with Crippen LogP contribution in [0.5, 0.6) is 0 Å². The summed E-state index contributed by atoms with van der Waals surface area (Å²) in [6.07, 6.45) is 6.79. The van der Waals surface area contributed by atoms with Crippen molar-refractivity contribution in [3.63, 3.8) is 0 Å². The van der Waals surface area contributed by atoms with E-state index in [1.807, 2.05) is 20.8 Å². The van der Waals surface area contributed by atoms with E-state index in [0.717, 1.165) is 38.9 Å². The van der Waals surface area contributed by atoms with Crippen molar-refractivity contribution >= 4 is 5.82 Å². The fraction of sp³-hybridized carbons (Fsp3) is 0.733. The minimum absolute atomic E-state index is 0.0114. The fourth-order valence-corrected chi connectivity index (χ4v) is 2.82. The number of piperidine rings is 1. The molecule has 0 aromatic carbocycles. The van der Waals surface area contributed by atoms with Gasteiger partial charge in [0.2, 0.25) is 0 Å². The molecule has 2 N–H and O–H groups in total. The number of rotatable bonds is 3. The van der Waals surface area contributed by atoms with Gasteiger partial charge in [0.15, 0.2) is 5.82 Å². The molecule has 0 aliphatic carbocycles. The maximum absolute atomic E-state index is 12.6. The van der Waals surface area contributed by atoms with Crippen molar-refractivity contribution in [3.05, 3.63) is 22.7 Å². The molecule has 0 atom stereocenters. The lowest BCUT2D eigenvalue weighted by Crippen LogP contribution is -2.42. The molecule has 112 valence electrons. The van der Waals surface area contributed by atoms with Crippen molar-refractivity contribution in [1.29, 1.82) is 0 Å². The van der Waals surface area contributed by atoms with E-state index in [2.05, 4.69) is 9.88 Å². The number of hydrogen-bond acceptors (Lipinski definition) is 4. The summed E-state index contributed by atoms with van der Waals surface area (Å²) in [4.78, 5) is 19.0. The highest BCUT2D eigenvalue weighted by atomic mass is 16.1. The molecular formula is C15H26N4O. The van der Waals surface area contributed by atoms with Gasteiger partial charge in [-0.2, -0.15) is 0 Å². The first-order valence-electron chi connectivity index (χ1n) is 7.46. The molecule has 5 nitrogen and oxygen atoms in total. The Kier molecular flexibility index (Phi) is 4.48. The highest BCUT2D eigenvalue weighted by Gasteiger charge is 2.24. The van der Waals surface area contributed by atoms with Crippen LogP contribution < -0.4 is 16.2 Å². The Balaban J connectivity index is 2.17. The van der Waals surface area contributed by atoms with E-state index in [4.69, 9.17) is 5.73 Å². The van der Waals surface area contributed by atoms with Crippen LogP contribution in [0.2, 0.25) is 0 Å². The van der Waals surface area contributed by atoms with E-state index in [1.54, 1.807) is 17.0 Å². The highest BCUT2D eigenvalue weighted by Crippen LogP contribution is 2.22. The Morgan fingerprint density at radius 1 is 1.35 bits per heavy atom. The number of hydrogen-bond donors (Lipinski definition) is 1. The number of anilines is 1. The van der Waals surface area contributed by atoms with Crippen LogP contribution in [0.25, 0.3) is 0 Å². The van der Waals surface area contributed by atoms with Gasteiger partial charge in [0.25, 0.3) is 5.56 Å². The molecule has 2 rings (SSSR count). The fourth-order valence-electron chi connectivity index (χ4n) is 2.82. The molecule has 1 saturated heterocycles. The molecule has 5 heteroatoms. The summed E-state index contributed by atoms with van der Waals surface area (Å²) in [5.41, 5.74) is 5.41. The van der Waals surface area contributed by atoms with Crippen LogP contribution in [-0.2, 0) is 5.54 Å². The van der Waals surface area contributed by atoms with Gasteiger partial charge in [0.05, 0.1) is 0 Å². The molecule has 0 radical (unpaired) electrons. The van der Waals surface area contributed by atoms with Crippen LogP contribution in [0.3, 0.4) is 0 Å². The lowest BCUT2D eigenvalue weighted by atomic mass is 9.94. The first kappa shape index (κ1) is 15.0. The summed E-state index contributed by atoms with van der Waals surface area (Å²) in [6, 6.07) is 0. The highest BCUT2D eigenvalue weighted by molar-refractivity contribution is 5.36. The molecular weight excluding hydrogens is 252 g/mol. The Bertz CT molecular complexity index is 495. The van der Waals surface area contributed by atoms with Crippen molar-refractivity contribution in [3.8, 4) is 0 Å². The Hall–Kier alpha value is -1.36. The average Bonchev–Trinajstić information content (AvgIpc) is 2.39. The number of nitrogens with zero attached hydrogens (tertiary/aromatic N) is 3. The van der Waals surface area contributed by atoms with E-state index >= 15 is 0 Å². The second-order valence-electron chi connectivity index (χ2n) is 6.60. The van der Waals surface area contributed by atoms with E-state index in [9.17, 15) is 4.79 Å². The third kappa shape index (κ3) is 3.20. The zero-order chi connectivity index (χ0) is 14.8. The smallest absolute Gasteiger partial charge is 0.293 e. The van der Waals surface area contributed by atoms with Crippen molar-refractivity contribution in [2.24, 2.45) is 11.7 Å². The van der Waals surface area contributed by atoms with Gasteiger partial charge >= 0.3 is 0 Å². The second-order valence-corrected chi connectivity index (χ2v) is 6.60. The summed E-state index contributed by atoms with van der Waals surface area (Å²) >= 11 is 0. The van der Waals surface area contributed by atoms with E-state index in [-0.39, 0.29) is 11.1 Å². The molecule has 0 unspecified atom stereocenters. The molecule has 2 heterocycles. The molecule has 1 aromatic rings. The molecule has 0 amide bonds. The first-order chi connectivity index (χ1) is 9.43. The standard InChI is InChI=1S/C15H26N4O/c1-15(2,3)19-11-8-17-13(14(19)20)18-9-5-12(4-7-16)6-10-18/h8,11-12H,4-7,9-10,16H2,1-3H3. The van der Waals surface area contributed by atoms with Crippen LogP contribution in [0.4, 0.5) is 5.82 Å². The van der Waals surface area contributed by atoms with Crippen molar-refractivity contribution in [1.82, 2.24) is 9.55 Å². The van der Waals surface area contributed by atoms with Crippen LogP contribution in [0.1, 0.15) is 40.0 Å². The third-order valence-electron chi connectivity index (χ3n) is 4.03. The van der Waals surface area contributed by atoms with Crippen molar-refractivity contribution in [2.45, 2.75) is 45.6 Å². The molecule has 1 aliphatic heterocycles. The van der Waals surface area contributed by atoms with Crippen LogP contribution in [0, 0.1) is 5.92 Å². The molecule has 0 spiro atoms. The zero-order valence-electron chi connectivity index (χ0n) is 12.8. The van der Waals surface area contributed by atoms with Gasteiger partial charge in [-0.05, 0) is 52.5 Å². The van der Waals surface area contributed by atoms with Crippen molar-refractivity contribution < 1.29 is 0 Å². The monoisotopic (exact) mass is 278 g/mol. The quantitative estimate of drug-likeness (QED) is 0.911. The van der Waals surface area contributed by atoms with Crippen LogP contribution in [0.15, 0.2) is 17.2 Å². The van der Waals surface area contributed by atoms with Gasteiger partial charge in [-0.15, -0.1) is 0 Å². The number of aromatic nitrogens is 2. The Morgan fingerprint density at radius 2 is 2.00 bits per heavy atom. The van der Waals surface area contributed by atoms with Crippen LogP contribution >= 0.6 is 0 Å². The van der Waals surface area contributed by atoms with Gasteiger partial charge in [-0.25, -0.2) is 4.98 Å². The molecule has 20 heavy (non-hydrogen) atoms. The molecule has 0 bridgehead atoms. The predicted octanol–water partition coefficient (Wildman–Crippen LogP) is 1.56. The molecule has 1 fully saturated rings. The Labute approximate surface area is 120 Å². The number of nitrogens with two attached hydrogens (primary N) is 1. The predicted molar refractivity (Wildman–Crippen MR) is 82.1 cm³/mol. The minimum atomic E-state index is -0.216. The molecule has 0 saturated carbocycles. The average molecular weight is 278 g/mol. The van der Waals surface area contributed by atoms with Crippen LogP contribution in [-0.4, -0.2) is 29.2 Å². The second kappa shape index (κ2) is 5.95. The normalized spacial score (nSPS) is 17.5. The topological polar surface area (TPSA) is 64.2 Å². The lowest BCUT2D eigenvalue weighted by molar-refractivity contribution is 0.371. The molecule has 1 aliphatic rings. The SMILES string of the molecule is CC(C)(C)n1ccnc(N2CCC(CCN)CC2)c1=O. The van der Waals surface area contributed by atoms with E-state index in [1.165, 1.54) is 0 Å². The summed E-state index contributed by atoms with van der Waals surface area (Å²) in [5.74, 6) is 1.29. The third-order valence-corrected chi connectivity index (χ3v) is 4.03. The maximum Gasteiger partial charge on any atom is 0.293 e. The van der Waals surface area contributed by atoms with E-state index in [0.29, 0.717) is 11.7 Å². The maximum atomic E-state index is 12.6. The van der Waals surface area contributed by atoms with Crippen molar-refractivity contribution in [2.75, 3.05) is 24.5 Å².